The third kappa shape index (κ3) is 4.80. The number of rotatable bonds is 8. The Labute approximate surface area is 123 Å². The highest BCUT2D eigenvalue weighted by atomic mass is 16.5. The summed E-state index contributed by atoms with van der Waals surface area (Å²) in [6, 6.07) is 8.39. The average molecular weight is 279 g/mol. The maximum Gasteiger partial charge on any atom is 0.118 e. The van der Waals surface area contributed by atoms with Crippen LogP contribution in [0, 0.1) is 0 Å². The summed E-state index contributed by atoms with van der Waals surface area (Å²) in [6.45, 7) is 11.6. The third-order valence-corrected chi connectivity index (χ3v) is 3.72. The Morgan fingerprint density at radius 3 is 2.20 bits per heavy atom. The SMILES string of the molecule is CCNC(c1ccc(OC)cc1)C(C)OC(C)(C)CC. The van der Waals surface area contributed by atoms with Gasteiger partial charge in [0, 0.05) is 0 Å². The second-order valence-electron chi connectivity index (χ2n) is 5.74. The first-order chi connectivity index (χ1) is 9.43. The molecule has 0 aliphatic carbocycles. The molecule has 0 saturated heterocycles. The van der Waals surface area contributed by atoms with Crippen LogP contribution in [0.3, 0.4) is 0 Å². The van der Waals surface area contributed by atoms with Gasteiger partial charge >= 0.3 is 0 Å². The fraction of sp³-hybridized carbons (Fsp3) is 0.647. The van der Waals surface area contributed by atoms with Crippen LogP contribution in [0.4, 0.5) is 0 Å². The quantitative estimate of drug-likeness (QED) is 0.782. The van der Waals surface area contributed by atoms with Crippen LogP contribution in [0.5, 0.6) is 5.75 Å². The largest absolute Gasteiger partial charge is 0.497 e. The predicted molar refractivity (Wildman–Crippen MR) is 84.3 cm³/mol. The third-order valence-electron chi connectivity index (χ3n) is 3.72. The lowest BCUT2D eigenvalue weighted by atomic mass is 10.00. The molecule has 0 aromatic heterocycles. The minimum absolute atomic E-state index is 0.0977. The van der Waals surface area contributed by atoms with Crippen LogP contribution < -0.4 is 10.1 Å². The standard InChI is InChI=1S/C17H29NO2/c1-7-17(4,5)20-13(3)16(18-8-2)14-9-11-15(19-6)12-10-14/h9-13,16,18H,7-8H2,1-6H3. The summed E-state index contributed by atoms with van der Waals surface area (Å²) >= 11 is 0. The molecule has 2 unspecified atom stereocenters. The van der Waals surface area contributed by atoms with Crippen molar-refractivity contribution in [2.24, 2.45) is 0 Å². The van der Waals surface area contributed by atoms with Crippen LogP contribution in [0.2, 0.25) is 0 Å². The lowest BCUT2D eigenvalue weighted by Crippen LogP contribution is -2.37. The first kappa shape index (κ1) is 17.0. The highest BCUT2D eigenvalue weighted by Gasteiger charge is 2.25. The minimum Gasteiger partial charge on any atom is -0.497 e. The highest BCUT2D eigenvalue weighted by molar-refractivity contribution is 5.29. The molecule has 1 rings (SSSR count). The van der Waals surface area contributed by atoms with E-state index in [0.29, 0.717) is 0 Å². The molecule has 0 radical (unpaired) electrons. The van der Waals surface area contributed by atoms with Crippen LogP contribution >= 0.6 is 0 Å². The van der Waals surface area contributed by atoms with Gasteiger partial charge in [0.1, 0.15) is 5.75 Å². The van der Waals surface area contributed by atoms with Crippen molar-refractivity contribution in [1.82, 2.24) is 5.32 Å². The fourth-order valence-electron chi connectivity index (χ4n) is 2.24. The van der Waals surface area contributed by atoms with E-state index < -0.39 is 0 Å². The fourth-order valence-corrected chi connectivity index (χ4v) is 2.24. The summed E-state index contributed by atoms with van der Waals surface area (Å²) < 4.78 is 11.4. The topological polar surface area (TPSA) is 30.5 Å². The molecule has 0 fully saturated rings. The monoisotopic (exact) mass is 279 g/mol. The van der Waals surface area contributed by atoms with Crippen molar-refractivity contribution in [2.45, 2.75) is 58.8 Å². The number of hydrogen-bond acceptors (Lipinski definition) is 3. The first-order valence-electron chi connectivity index (χ1n) is 7.48. The molecule has 3 nitrogen and oxygen atoms in total. The molecule has 0 amide bonds. The van der Waals surface area contributed by atoms with Gasteiger partial charge < -0.3 is 14.8 Å². The molecule has 0 aliphatic heterocycles. The zero-order valence-electron chi connectivity index (χ0n) is 13.7. The number of methoxy groups -OCH3 is 1. The van der Waals surface area contributed by atoms with Gasteiger partial charge in [-0.25, -0.2) is 0 Å². The number of benzene rings is 1. The Morgan fingerprint density at radius 2 is 1.75 bits per heavy atom. The molecule has 1 N–H and O–H groups in total. The van der Waals surface area contributed by atoms with Crippen molar-refractivity contribution in [2.75, 3.05) is 13.7 Å². The summed E-state index contributed by atoms with van der Waals surface area (Å²) in [7, 11) is 1.69. The molecule has 1 aromatic carbocycles. The molecule has 0 spiro atoms. The smallest absolute Gasteiger partial charge is 0.118 e. The van der Waals surface area contributed by atoms with E-state index in [2.05, 4.69) is 52.1 Å². The van der Waals surface area contributed by atoms with Crippen LogP contribution in [-0.4, -0.2) is 25.4 Å². The molecule has 3 heteroatoms. The summed E-state index contributed by atoms with van der Waals surface area (Å²) in [5.74, 6) is 0.881. The second kappa shape index (κ2) is 7.65. The van der Waals surface area contributed by atoms with Gasteiger partial charge in [0.25, 0.3) is 0 Å². The number of nitrogens with one attached hydrogen (secondary N) is 1. The molecule has 0 heterocycles. The summed E-state index contributed by atoms with van der Waals surface area (Å²) in [5.41, 5.74) is 1.13. The van der Waals surface area contributed by atoms with Crippen molar-refractivity contribution in [3.63, 3.8) is 0 Å². The molecule has 0 saturated carbocycles. The normalized spacial score (nSPS) is 14.9. The van der Waals surface area contributed by atoms with Gasteiger partial charge in [-0.1, -0.05) is 26.0 Å². The van der Waals surface area contributed by atoms with Gasteiger partial charge in [0.2, 0.25) is 0 Å². The second-order valence-corrected chi connectivity index (χ2v) is 5.74. The van der Waals surface area contributed by atoms with E-state index in [1.54, 1.807) is 7.11 Å². The molecule has 114 valence electrons. The molecular formula is C17H29NO2. The van der Waals surface area contributed by atoms with Gasteiger partial charge in [-0.2, -0.15) is 0 Å². The van der Waals surface area contributed by atoms with E-state index in [1.165, 1.54) is 5.56 Å². The molecule has 20 heavy (non-hydrogen) atoms. The van der Waals surface area contributed by atoms with Crippen LogP contribution in [0.1, 0.15) is 52.6 Å². The van der Waals surface area contributed by atoms with E-state index in [9.17, 15) is 0 Å². The Bertz CT molecular complexity index is 386. The van der Waals surface area contributed by atoms with E-state index in [4.69, 9.17) is 9.47 Å². The average Bonchev–Trinajstić information content (AvgIpc) is 2.44. The van der Waals surface area contributed by atoms with Gasteiger partial charge in [-0.05, 0) is 51.4 Å². The van der Waals surface area contributed by atoms with Crippen molar-refractivity contribution in [1.29, 1.82) is 0 Å². The Hall–Kier alpha value is -1.06. The van der Waals surface area contributed by atoms with Crippen LogP contribution in [-0.2, 0) is 4.74 Å². The van der Waals surface area contributed by atoms with E-state index >= 15 is 0 Å². The number of hydrogen-bond donors (Lipinski definition) is 1. The summed E-state index contributed by atoms with van der Waals surface area (Å²) in [6.07, 6.45) is 1.11. The van der Waals surface area contributed by atoms with Gasteiger partial charge in [0.15, 0.2) is 0 Å². The predicted octanol–water partition coefficient (Wildman–Crippen LogP) is 3.94. The Kier molecular flexibility index (Phi) is 6.50. The summed E-state index contributed by atoms with van der Waals surface area (Å²) in [5, 5.41) is 3.52. The van der Waals surface area contributed by atoms with Gasteiger partial charge in [-0.15, -0.1) is 0 Å². The zero-order chi connectivity index (χ0) is 15.2. The summed E-state index contributed by atoms with van der Waals surface area (Å²) in [4.78, 5) is 0. The Morgan fingerprint density at radius 1 is 1.15 bits per heavy atom. The molecule has 0 bridgehead atoms. The number of ether oxygens (including phenoxy) is 2. The van der Waals surface area contributed by atoms with Crippen molar-refractivity contribution in [3.05, 3.63) is 29.8 Å². The Balaban J connectivity index is 2.86. The lowest BCUT2D eigenvalue weighted by Gasteiger charge is -2.33. The maximum atomic E-state index is 6.22. The van der Waals surface area contributed by atoms with Crippen molar-refractivity contribution in [3.8, 4) is 5.75 Å². The molecule has 2 atom stereocenters. The highest BCUT2D eigenvalue weighted by Crippen LogP contribution is 2.26. The van der Waals surface area contributed by atoms with E-state index in [0.717, 1.165) is 18.7 Å². The van der Waals surface area contributed by atoms with E-state index in [-0.39, 0.29) is 17.7 Å². The molecule has 0 aliphatic rings. The molecule has 1 aromatic rings. The number of likely N-dealkylation sites (N-methyl/N-ethyl adjacent to an activating group) is 1. The van der Waals surface area contributed by atoms with Crippen LogP contribution in [0.15, 0.2) is 24.3 Å². The maximum absolute atomic E-state index is 6.22. The lowest BCUT2D eigenvalue weighted by molar-refractivity contribution is -0.0798. The zero-order valence-corrected chi connectivity index (χ0v) is 13.7. The molecular weight excluding hydrogens is 250 g/mol. The van der Waals surface area contributed by atoms with Crippen molar-refractivity contribution >= 4 is 0 Å². The van der Waals surface area contributed by atoms with Gasteiger partial charge in [-0.3, -0.25) is 0 Å². The minimum atomic E-state index is -0.0977. The van der Waals surface area contributed by atoms with Crippen molar-refractivity contribution < 1.29 is 9.47 Å². The van der Waals surface area contributed by atoms with Crippen LogP contribution in [0.25, 0.3) is 0 Å². The van der Waals surface area contributed by atoms with Gasteiger partial charge in [0.05, 0.1) is 24.9 Å². The first-order valence-corrected chi connectivity index (χ1v) is 7.48. The van der Waals surface area contributed by atoms with E-state index in [1.807, 2.05) is 12.1 Å².